The number of guanidine groups is 1. The van der Waals surface area contributed by atoms with Gasteiger partial charge in [0.1, 0.15) is 5.76 Å². The molecule has 0 bridgehead atoms. The number of nitrogens with zero attached hydrogens (tertiary/aromatic N) is 2. The first-order valence-corrected chi connectivity index (χ1v) is 10.3. The summed E-state index contributed by atoms with van der Waals surface area (Å²) in [7, 11) is 0. The Morgan fingerprint density at radius 2 is 2.15 bits per heavy atom. The Bertz CT molecular complexity index is 537. The molecule has 0 amide bonds. The molecule has 27 heavy (non-hydrogen) atoms. The molecular formula is C20H34N4O3. The molecule has 2 saturated heterocycles. The molecule has 3 heterocycles. The molecule has 7 nitrogen and oxygen atoms in total. The molecule has 2 aliphatic heterocycles. The van der Waals surface area contributed by atoms with Crippen molar-refractivity contribution in [2.45, 2.75) is 44.8 Å². The van der Waals surface area contributed by atoms with E-state index in [1.807, 2.05) is 12.1 Å². The van der Waals surface area contributed by atoms with Crippen LogP contribution >= 0.6 is 0 Å². The molecule has 0 aromatic carbocycles. The van der Waals surface area contributed by atoms with Gasteiger partial charge in [-0.3, -0.25) is 9.89 Å². The zero-order valence-corrected chi connectivity index (χ0v) is 16.5. The Balaban J connectivity index is 1.48. The molecule has 2 fully saturated rings. The van der Waals surface area contributed by atoms with Crippen LogP contribution in [0.1, 0.15) is 31.9 Å². The summed E-state index contributed by atoms with van der Waals surface area (Å²) >= 11 is 0. The zero-order chi connectivity index (χ0) is 18.7. The van der Waals surface area contributed by atoms with Crippen molar-refractivity contribution >= 4 is 5.96 Å². The van der Waals surface area contributed by atoms with E-state index >= 15 is 0 Å². The molecule has 0 aliphatic carbocycles. The van der Waals surface area contributed by atoms with E-state index in [9.17, 15) is 0 Å². The Kier molecular flexibility index (Phi) is 8.45. The topological polar surface area (TPSA) is 71.3 Å². The largest absolute Gasteiger partial charge is 0.469 e. The molecule has 0 radical (unpaired) electrons. The van der Waals surface area contributed by atoms with Crippen molar-refractivity contribution in [1.29, 1.82) is 0 Å². The molecule has 0 saturated carbocycles. The van der Waals surface area contributed by atoms with Gasteiger partial charge in [0.2, 0.25) is 0 Å². The number of furan rings is 1. The van der Waals surface area contributed by atoms with Crippen LogP contribution in [0.3, 0.4) is 0 Å². The van der Waals surface area contributed by atoms with E-state index in [0.717, 1.165) is 77.1 Å². The summed E-state index contributed by atoms with van der Waals surface area (Å²) in [6, 6.07) is 4.33. The van der Waals surface area contributed by atoms with Gasteiger partial charge in [0.25, 0.3) is 0 Å². The van der Waals surface area contributed by atoms with Gasteiger partial charge >= 0.3 is 0 Å². The number of ether oxygens (including phenoxy) is 2. The van der Waals surface area contributed by atoms with Crippen molar-refractivity contribution in [2.75, 3.05) is 52.5 Å². The minimum absolute atomic E-state index is 0.285. The normalized spacial score (nSPS) is 23.1. The Hall–Kier alpha value is -1.57. The van der Waals surface area contributed by atoms with Crippen LogP contribution in [0.5, 0.6) is 0 Å². The maximum atomic E-state index is 5.83. The number of rotatable bonds is 8. The van der Waals surface area contributed by atoms with Crippen LogP contribution in [0.2, 0.25) is 0 Å². The monoisotopic (exact) mass is 378 g/mol. The van der Waals surface area contributed by atoms with Gasteiger partial charge in [-0.1, -0.05) is 0 Å². The van der Waals surface area contributed by atoms with Crippen LogP contribution in [-0.2, 0) is 15.9 Å². The second-order valence-corrected chi connectivity index (χ2v) is 7.31. The molecule has 0 spiro atoms. The number of hydrogen-bond donors (Lipinski definition) is 2. The molecule has 2 N–H and O–H groups in total. The Morgan fingerprint density at radius 3 is 2.89 bits per heavy atom. The molecule has 2 unspecified atom stereocenters. The van der Waals surface area contributed by atoms with Crippen LogP contribution in [-0.4, -0.2) is 75.5 Å². The fraction of sp³-hybridized carbons (Fsp3) is 0.750. The van der Waals surface area contributed by atoms with E-state index in [1.54, 1.807) is 6.26 Å². The van der Waals surface area contributed by atoms with E-state index in [0.29, 0.717) is 6.04 Å². The molecular weight excluding hydrogens is 344 g/mol. The van der Waals surface area contributed by atoms with E-state index < -0.39 is 0 Å². The summed E-state index contributed by atoms with van der Waals surface area (Å²) < 4.78 is 16.7. The van der Waals surface area contributed by atoms with E-state index in [-0.39, 0.29) is 6.10 Å². The molecule has 1 aromatic heterocycles. The SMILES string of the molecule is CC(CN=C(NCCc1ccco1)NCC1CCCCO1)N1CCOCC1. The minimum atomic E-state index is 0.285. The summed E-state index contributed by atoms with van der Waals surface area (Å²) in [6.07, 6.45) is 6.39. The third-order valence-corrected chi connectivity index (χ3v) is 5.20. The van der Waals surface area contributed by atoms with E-state index in [2.05, 4.69) is 22.5 Å². The Labute approximate surface area is 162 Å². The quantitative estimate of drug-likeness (QED) is 0.529. The zero-order valence-electron chi connectivity index (χ0n) is 16.5. The van der Waals surface area contributed by atoms with Crippen molar-refractivity contribution in [1.82, 2.24) is 15.5 Å². The summed E-state index contributed by atoms with van der Waals surface area (Å²) in [4.78, 5) is 7.27. The van der Waals surface area contributed by atoms with Crippen molar-refractivity contribution in [3.63, 3.8) is 0 Å². The second-order valence-electron chi connectivity index (χ2n) is 7.31. The van der Waals surface area contributed by atoms with Crippen LogP contribution in [0.15, 0.2) is 27.8 Å². The van der Waals surface area contributed by atoms with Crippen LogP contribution < -0.4 is 10.6 Å². The summed E-state index contributed by atoms with van der Waals surface area (Å²) in [5, 5.41) is 6.90. The first-order valence-electron chi connectivity index (χ1n) is 10.3. The van der Waals surface area contributed by atoms with Gasteiger partial charge in [0, 0.05) is 45.2 Å². The van der Waals surface area contributed by atoms with Gasteiger partial charge in [0.05, 0.1) is 32.1 Å². The Morgan fingerprint density at radius 1 is 1.26 bits per heavy atom. The van der Waals surface area contributed by atoms with Crippen LogP contribution in [0.25, 0.3) is 0 Å². The maximum Gasteiger partial charge on any atom is 0.191 e. The summed E-state index contributed by atoms with van der Waals surface area (Å²) in [5.74, 6) is 1.84. The van der Waals surface area contributed by atoms with Gasteiger partial charge in [-0.25, -0.2) is 0 Å². The smallest absolute Gasteiger partial charge is 0.191 e. The lowest BCUT2D eigenvalue weighted by atomic mass is 10.1. The number of morpholine rings is 1. The number of aliphatic imine (C=N–C) groups is 1. The van der Waals surface area contributed by atoms with Crippen LogP contribution in [0.4, 0.5) is 0 Å². The lowest BCUT2D eigenvalue weighted by Gasteiger charge is -2.31. The molecule has 2 atom stereocenters. The predicted molar refractivity (Wildman–Crippen MR) is 106 cm³/mol. The molecule has 152 valence electrons. The van der Waals surface area contributed by atoms with Gasteiger partial charge < -0.3 is 24.5 Å². The number of hydrogen-bond acceptors (Lipinski definition) is 5. The fourth-order valence-electron chi connectivity index (χ4n) is 3.47. The lowest BCUT2D eigenvalue weighted by Crippen LogP contribution is -2.46. The van der Waals surface area contributed by atoms with Gasteiger partial charge in [0.15, 0.2) is 5.96 Å². The first-order chi connectivity index (χ1) is 13.3. The van der Waals surface area contributed by atoms with Gasteiger partial charge in [-0.2, -0.15) is 0 Å². The molecule has 2 aliphatic rings. The third-order valence-electron chi connectivity index (χ3n) is 5.20. The van der Waals surface area contributed by atoms with Crippen molar-refractivity contribution in [3.05, 3.63) is 24.2 Å². The van der Waals surface area contributed by atoms with Crippen molar-refractivity contribution in [3.8, 4) is 0 Å². The summed E-state index contributed by atoms with van der Waals surface area (Å²) in [5.41, 5.74) is 0. The highest BCUT2D eigenvalue weighted by molar-refractivity contribution is 5.79. The standard InChI is InChI=1S/C20H34N4O3/c1-17(24-9-13-25-14-10-24)15-22-20(21-8-7-18-6-4-12-26-18)23-16-19-5-2-3-11-27-19/h4,6,12,17,19H,2-3,5,7-11,13-16H2,1H3,(H2,21,22,23). The fourth-order valence-corrected chi connectivity index (χ4v) is 3.47. The average molecular weight is 379 g/mol. The van der Waals surface area contributed by atoms with Crippen molar-refractivity contribution < 1.29 is 13.9 Å². The third kappa shape index (κ3) is 7.16. The summed E-state index contributed by atoms with van der Waals surface area (Å²) in [6.45, 7) is 9.08. The van der Waals surface area contributed by atoms with E-state index in [1.165, 1.54) is 12.8 Å². The predicted octanol–water partition coefficient (Wildman–Crippen LogP) is 1.65. The first kappa shape index (κ1) is 20.2. The molecule has 7 heteroatoms. The number of nitrogens with one attached hydrogen (secondary N) is 2. The average Bonchev–Trinajstić information content (AvgIpc) is 3.24. The maximum absolute atomic E-state index is 5.83. The highest BCUT2D eigenvalue weighted by atomic mass is 16.5. The molecule has 1 aromatic rings. The highest BCUT2D eigenvalue weighted by Gasteiger charge is 2.17. The van der Waals surface area contributed by atoms with Crippen LogP contribution in [0, 0.1) is 0 Å². The van der Waals surface area contributed by atoms with Crippen molar-refractivity contribution in [2.24, 2.45) is 4.99 Å². The minimum Gasteiger partial charge on any atom is -0.469 e. The van der Waals surface area contributed by atoms with E-state index in [4.69, 9.17) is 18.9 Å². The van der Waals surface area contributed by atoms with Gasteiger partial charge in [-0.15, -0.1) is 0 Å². The molecule has 3 rings (SSSR count). The lowest BCUT2D eigenvalue weighted by molar-refractivity contribution is 0.0192. The second kappa shape index (κ2) is 11.3. The highest BCUT2D eigenvalue weighted by Crippen LogP contribution is 2.11. The van der Waals surface area contributed by atoms with Gasteiger partial charge in [-0.05, 0) is 38.3 Å².